The van der Waals surface area contributed by atoms with Crippen molar-refractivity contribution in [2.45, 2.75) is 18.6 Å². The summed E-state index contributed by atoms with van der Waals surface area (Å²) in [7, 11) is -3.64. The van der Waals surface area contributed by atoms with E-state index in [1.165, 1.54) is 19.9 Å². The van der Waals surface area contributed by atoms with Crippen molar-refractivity contribution in [1.29, 1.82) is 0 Å². The molecule has 0 spiro atoms. The number of rotatable bonds is 4. The van der Waals surface area contributed by atoms with Crippen molar-refractivity contribution in [2.24, 2.45) is 5.73 Å². The fraction of sp³-hybridized carbons (Fsp3) is 0.417. The third-order valence-corrected chi connectivity index (χ3v) is 5.35. The fourth-order valence-corrected chi connectivity index (χ4v) is 3.26. The molecule has 2 N–H and O–H groups in total. The van der Waals surface area contributed by atoms with Crippen molar-refractivity contribution in [3.8, 4) is 5.75 Å². The summed E-state index contributed by atoms with van der Waals surface area (Å²) in [6.07, 6.45) is 0. The van der Waals surface area contributed by atoms with Gasteiger partial charge in [-0.3, -0.25) is 4.79 Å². The Morgan fingerprint density at radius 1 is 1.37 bits per heavy atom. The molecule has 0 saturated carbocycles. The fourth-order valence-electron chi connectivity index (χ4n) is 1.79. The highest BCUT2D eigenvalue weighted by Gasteiger charge is 2.60. The minimum Gasteiger partial charge on any atom is -0.492 e. The highest BCUT2D eigenvalue weighted by Crippen LogP contribution is 2.39. The first kappa shape index (κ1) is 13.8. The standard InChI is InChI=1S/C12H16N2O4S/c1-12(2)11(15)14(19(12,16)17)9-4-3-5-10(8-9)18-7-6-13/h3-5,8H,6-7,13H2,1-2H3. The predicted octanol–water partition coefficient (Wildman–Crippen LogP) is 0.479. The maximum absolute atomic E-state index is 12.1. The number of carbonyl (C=O) groups is 1. The zero-order valence-electron chi connectivity index (χ0n) is 10.8. The second-order valence-electron chi connectivity index (χ2n) is 4.72. The van der Waals surface area contributed by atoms with E-state index in [9.17, 15) is 13.2 Å². The van der Waals surface area contributed by atoms with Gasteiger partial charge in [0.2, 0.25) is 0 Å². The van der Waals surface area contributed by atoms with E-state index >= 15 is 0 Å². The SMILES string of the molecule is CC1(C)C(=O)N(c2cccc(OCCN)c2)S1(=O)=O. The van der Waals surface area contributed by atoms with Crippen LogP contribution in [0.3, 0.4) is 0 Å². The first-order chi connectivity index (χ1) is 8.82. The van der Waals surface area contributed by atoms with E-state index in [0.29, 0.717) is 24.6 Å². The molecule has 0 bridgehead atoms. The van der Waals surface area contributed by atoms with Gasteiger partial charge in [-0.25, -0.2) is 12.7 Å². The Morgan fingerprint density at radius 3 is 2.63 bits per heavy atom. The van der Waals surface area contributed by atoms with Gasteiger partial charge in [0.15, 0.2) is 4.75 Å². The van der Waals surface area contributed by atoms with E-state index in [1.54, 1.807) is 18.2 Å². The van der Waals surface area contributed by atoms with E-state index < -0.39 is 20.7 Å². The average molecular weight is 284 g/mol. The summed E-state index contributed by atoms with van der Waals surface area (Å²) in [5.74, 6) is 0.0409. The first-order valence-electron chi connectivity index (χ1n) is 5.84. The van der Waals surface area contributed by atoms with E-state index in [-0.39, 0.29) is 0 Å². The zero-order valence-corrected chi connectivity index (χ0v) is 11.6. The Kier molecular flexibility index (Phi) is 3.27. The van der Waals surface area contributed by atoms with Gasteiger partial charge in [0.05, 0.1) is 5.69 Å². The van der Waals surface area contributed by atoms with Crippen LogP contribution in [-0.4, -0.2) is 32.2 Å². The number of nitrogens with two attached hydrogens (primary N) is 1. The highest BCUT2D eigenvalue weighted by atomic mass is 32.2. The summed E-state index contributed by atoms with van der Waals surface area (Å²) in [5.41, 5.74) is 5.62. The van der Waals surface area contributed by atoms with E-state index in [4.69, 9.17) is 10.5 Å². The number of hydrogen-bond donors (Lipinski definition) is 1. The molecule has 7 heteroatoms. The molecule has 1 aliphatic heterocycles. The lowest BCUT2D eigenvalue weighted by molar-refractivity contribution is -0.120. The van der Waals surface area contributed by atoms with Gasteiger partial charge in [-0.15, -0.1) is 0 Å². The number of carbonyl (C=O) groups excluding carboxylic acids is 1. The van der Waals surface area contributed by atoms with Crippen LogP contribution in [0.15, 0.2) is 24.3 Å². The number of benzene rings is 1. The molecule has 1 aliphatic rings. The summed E-state index contributed by atoms with van der Waals surface area (Å²) in [5, 5.41) is 0. The molecule has 1 aromatic rings. The van der Waals surface area contributed by atoms with Gasteiger partial charge >= 0.3 is 0 Å². The normalized spacial score (nSPS) is 19.9. The van der Waals surface area contributed by atoms with Crippen molar-refractivity contribution in [1.82, 2.24) is 0 Å². The summed E-state index contributed by atoms with van der Waals surface area (Å²) < 4.78 is 28.9. The Labute approximate surface area is 112 Å². The molecule has 0 unspecified atom stereocenters. The van der Waals surface area contributed by atoms with Crippen molar-refractivity contribution in [3.05, 3.63) is 24.3 Å². The van der Waals surface area contributed by atoms with Crippen LogP contribution in [-0.2, 0) is 14.8 Å². The molecule has 0 aromatic heterocycles. The molecule has 1 aromatic carbocycles. The van der Waals surface area contributed by atoms with Gasteiger partial charge in [-0.1, -0.05) is 6.07 Å². The molecule has 1 fully saturated rings. The monoisotopic (exact) mass is 284 g/mol. The largest absolute Gasteiger partial charge is 0.492 e. The van der Waals surface area contributed by atoms with Gasteiger partial charge < -0.3 is 10.5 Å². The maximum Gasteiger partial charge on any atom is 0.263 e. The number of nitrogens with zero attached hydrogens (tertiary/aromatic N) is 1. The third kappa shape index (κ3) is 1.98. The molecule has 2 rings (SSSR count). The Morgan fingerprint density at radius 2 is 2.05 bits per heavy atom. The number of anilines is 1. The van der Waals surface area contributed by atoms with Crippen molar-refractivity contribution in [3.63, 3.8) is 0 Å². The van der Waals surface area contributed by atoms with Crippen molar-refractivity contribution >= 4 is 21.6 Å². The van der Waals surface area contributed by atoms with Gasteiger partial charge in [-0.2, -0.15) is 0 Å². The van der Waals surface area contributed by atoms with Gasteiger partial charge in [0.25, 0.3) is 15.9 Å². The molecular weight excluding hydrogens is 268 g/mol. The molecular formula is C12H16N2O4S. The van der Waals surface area contributed by atoms with Crippen LogP contribution in [0.1, 0.15) is 13.8 Å². The van der Waals surface area contributed by atoms with Crippen molar-refractivity contribution < 1.29 is 17.9 Å². The van der Waals surface area contributed by atoms with Crippen LogP contribution in [0.4, 0.5) is 5.69 Å². The average Bonchev–Trinajstić information content (AvgIpc) is 2.36. The van der Waals surface area contributed by atoms with Crippen molar-refractivity contribution in [2.75, 3.05) is 17.5 Å². The van der Waals surface area contributed by atoms with E-state index in [0.717, 1.165) is 4.31 Å². The second kappa shape index (κ2) is 4.50. The molecule has 1 heterocycles. The summed E-state index contributed by atoms with van der Waals surface area (Å²) in [4.78, 5) is 11.9. The smallest absolute Gasteiger partial charge is 0.263 e. The van der Waals surface area contributed by atoms with E-state index in [2.05, 4.69) is 0 Å². The van der Waals surface area contributed by atoms with Crippen LogP contribution in [0.5, 0.6) is 5.75 Å². The van der Waals surface area contributed by atoms with Gasteiger partial charge in [-0.05, 0) is 26.0 Å². The Bertz CT molecular complexity index is 610. The summed E-state index contributed by atoms with van der Waals surface area (Å²) in [6.45, 7) is 3.49. The van der Waals surface area contributed by atoms with Crippen LogP contribution in [0.25, 0.3) is 0 Å². The number of sulfonamides is 1. The zero-order chi connectivity index (χ0) is 14.3. The molecule has 1 saturated heterocycles. The lowest BCUT2D eigenvalue weighted by Gasteiger charge is -2.42. The highest BCUT2D eigenvalue weighted by molar-refractivity contribution is 7.98. The number of amides is 1. The molecule has 0 aliphatic carbocycles. The molecule has 104 valence electrons. The minimum atomic E-state index is -3.64. The molecule has 0 radical (unpaired) electrons. The first-order valence-corrected chi connectivity index (χ1v) is 7.28. The third-order valence-electron chi connectivity index (χ3n) is 3.02. The topological polar surface area (TPSA) is 89.7 Å². The van der Waals surface area contributed by atoms with Crippen LogP contribution in [0, 0.1) is 0 Å². The molecule has 1 amide bonds. The Balaban J connectivity index is 2.32. The predicted molar refractivity (Wildman–Crippen MR) is 71.5 cm³/mol. The quantitative estimate of drug-likeness (QED) is 0.868. The molecule has 19 heavy (non-hydrogen) atoms. The Hall–Kier alpha value is -1.60. The summed E-state index contributed by atoms with van der Waals surface area (Å²) >= 11 is 0. The second-order valence-corrected chi connectivity index (χ2v) is 7.06. The summed E-state index contributed by atoms with van der Waals surface area (Å²) in [6, 6.07) is 6.39. The van der Waals surface area contributed by atoms with Crippen LogP contribution < -0.4 is 14.8 Å². The van der Waals surface area contributed by atoms with Crippen LogP contribution >= 0.6 is 0 Å². The molecule has 6 nitrogen and oxygen atoms in total. The van der Waals surface area contributed by atoms with Gasteiger partial charge in [0, 0.05) is 12.6 Å². The lowest BCUT2D eigenvalue weighted by Crippen LogP contribution is -2.67. The van der Waals surface area contributed by atoms with E-state index in [1.807, 2.05) is 0 Å². The number of ether oxygens (including phenoxy) is 1. The van der Waals surface area contributed by atoms with Gasteiger partial charge in [0.1, 0.15) is 12.4 Å². The lowest BCUT2D eigenvalue weighted by atomic mass is 10.1. The minimum absolute atomic E-state index is 0.291. The molecule has 0 atom stereocenters. The number of hydrogen-bond acceptors (Lipinski definition) is 5. The maximum atomic E-state index is 12.1. The van der Waals surface area contributed by atoms with Crippen LogP contribution in [0.2, 0.25) is 0 Å².